The Hall–Kier alpha value is -1.32. The lowest BCUT2D eigenvalue weighted by molar-refractivity contribution is -0.141. The van der Waals surface area contributed by atoms with E-state index in [4.69, 9.17) is 23.2 Å². The van der Waals surface area contributed by atoms with Gasteiger partial charge in [-0.2, -0.15) is 0 Å². The molecular formula is C16H13Cl2NO2. The minimum Gasteiger partial charge on any atom is -0.277 e. The van der Waals surface area contributed by atoms with Gasteiger partial charge in [-0.15, -0.1) is 0 Å². The summed E-state index contributed by atoms with van der Waals surface area (Å²) in [6.07, 6.45) is 5.11. The van der Waals surface area contributed by atoms with E-state index in [1.54, 1.807) is 18.2 Å². The van der Waals surface area contributed by atoms with Crippen LogP contribution in [0.3, 0.4) is 0 Å². The number of likely N-dealkylation sites (tertiary alicyclic amines) is 1. The molecule has 5 heteroatoms. The first kappa shape index (κ1) is 13.4. The van der Waals surface area contributed by atoms with E-state index in [9.17, 15) is 9.59 Å². The Bertz CT molecular complexity index is 635. The first-order valence-electron chi connectivity index (χ1n) is 7.04. The molecule has 108 valence electrons. The van der Waals surface area contributed by atoms with E-state index < -0.39 is 0 Å². The number of nitrogens with zero attached hydrogens (tertiary/aromatic N) is 1. The van der Waals surface area contributed by atoms with E-state index in [2.05, 4.69) is 12.2 Å². The van der Waals surface area contributed by atoms with E-state index in [-0.39, 0.29) is 42.0 Å². The van der Waals surface area contributed by atoms with E-state index >= 15 is 0 Å². The maximum atomic E-state index is 12.6. The fourth-order valence-corrected chi connectivity index (χ4v) is 4.48. The monoisotopic (exact) mass is 321 g/mol. The fourth-order valence-electron chi connectivity index (χ4n) is 3.96. The predicted molar refractivity (Wildman–Crippen MR) is 79.7 cm³/mol. The molecule has 0 aromatic heterocycles. The van der Waals surface area contributed by atoms with Gasteiger partial charge in [0.05, 0.1) is 18.4 Å². The standard InChI is InChI=1S/C16H13Cl2NO2/c17-11-2-1-3-12(18)10(11)7-19-15(20)13-8-4-5-9(6-8)14(13)16(19)21/h1-5,8-9,13-14H,6-7H2/t8-,9-,13+,14+/m0/s1. The second-order valence-corrected chi connectivity index (χ2v) is 6.78. The van der Waals surface area contributed by atoms with Crippen LogP contribution >= 0.6 is 23.2 Å². The first-order valence-corrected chi connectivity index (χ1v) is 7.80. The largest absolute Gasteiger partial charge is 0.277 e. The summed E-state index contributed by atoms with van der Waals surface area (Å²) in [4.78, 5) is 26.5. The molecule has 1 aromatic rings. The van der Waals surface area contributed by atoms with Crippen molar-refractivity contribution in [2.75, 3.05) is 0 Å². The average Bonchev–Trinajstić information content (AvgIpc) is 3.11. The topological polar surface area (TPSA) is 37.4 Å². The molecule has 3 nitrogen and oxygen atoms in total. The van der Waals surface area contributed by atoms with Crippen molar-refractivity contribution in [2.24, 2.45) is 23.7 Å². The zero-order valence-corrected chi connectivity index (χ0v) is 12.6. The van der Waals surface area contributed by atoms with Crippen molar-refractivity contribution >= 4 is 35.0 Å². The number of hydrogen-bond acceptors (Lipinski definition) is 2. The third-order valence-electron chi connectivity index (χ3n) is 4.94. The summed E-state index contributed by atoms with van der Waals surface area (Å²) in [6.45, 7) is 0.169. The molecule has 4 atom stereocenters. The van der Waals surface area contributed by atoms with Gasteiger partial charge in [0, 0.05) is 15.6 Å². The summed E-state index contributed by atoms with van der Waals surface area (Å²) in [5.74, 6) is -0.0375. The summed E-state index contributed by atoms with van der Waals surface area (Å²) in [6, 6.07) is 5.19. The van der Waals surface area contributed by atoms with Crippen LogP contribution in [0.25, 0.3) is 0 Å². The number of rotatable bonds is 2. The highest BCUT2D eigenvalue weighted by Gasteiger charge is 2.59. The average molecular weight is 322 g/mol. The third kappa shape index (κ3) is 1.80. The predicted octanol–water partition coefficient (Wildman–Crippen LogP) is 3.30. The summed E-state index contributed by atoms with van der Waals surface area (Å²) >= 11 is 12.3. The van der Waals surface area contributed by atoms with Crippen LogP contribution in [0.1, 0.15) is 12.0 Å². The number of halogens is 2. The third-order valence-corrected chi connectivity index (χ3v) is 5.65. The van der Waals surface area contributed by atoms with Crippen LogP contribution in [0.15, 0.2) is 30.4 Å². The van der Waals surface area contributed by atoms with Gasteiger partial charge in [-0.3, -0.25) is 14.5 Å². The summed E-state index contributed by atoms with van der Waals surface area (Å²) < 4.78 is 0. The second-order valence-electron chi connectivity index (χ2n) is 5.96. The van der Waals surface area contributed by atoms with Gasteiger partial charge in [0.1, 0.15) is 0 Å². The maximum Gasteiger partial charge on any atom is 0.234 e. The molecule has 2 fully saturated rings. The number of fused-ring (bicyclic) bond motifs is 5. The fraction of sp³-hybridized carbons (Fsp3) is 0.375. The molecule has 3 aliphatic rings. The number of allylic oxidation sites excluding steroid dienone is 2. The van der Waals surface area contributed by atoms with Crippen molar-refractivity contribution in [2.45, 2.75) is 13.0 Å². The lowest BCUT2D eigenvalue weighted by Gasteiger charge is -2.18. The highest BCUT2D eigenvalue weighted by atomic mass is 35.5. The number of benzene rings is 1. The molecular weight excluding hydrogens is 309 g/mol. The molecule has 1 saturated heterocycles. The van der Waals surface area contributed by atoms with Crippen molar-refractivity contribution in [3.63, 3.8) is 0 Å². The molecule has 0 spiro atoms. The maximum absolute atomic E-state index is 12.6. The Labute approximate surface area is 132 Å². The van der Waals surface area contributed by atoms with Gasteiger partial charge < -0.3 is 0 Å². The van der Waals surface area contributed by atoms with Gasteiger partial charge in [0.25, 0.3) is 0 Å². The van der Waals surface area contributed by atoms with Crippen LogP contribution < -0.4 is 0 Å². The minimum absolute atomic E-state index is 0.0714. The molecule has 1 saturated carbocycles. The molecule has 2 bridgehead atoms. The minimum atomic E-state index is -0.172. The zero-order valence-electron chi connectivity index (χ0n) is 11.1. The molecule has 1 aromatic carbocycles. The molecule has 0 unspecified atom stereocenters. The van der Waals surface area contributed by atoms with Gasteiger partial charge in [0.15, 0.2) is 0 Å². The van der Waals surface area contributed by atoms with Gasteiger partial charge >= 0.3 is 0 Å². The van der Waals surface area contributed by atoms with Crippen molar-refractivity contribution in [3.05, 3.63) is 46.0 Å². The number of carbonyl (C=O) groups excluding carboxylic acids is 2. The number of carbonyl (C=O) groups is 2. The number of amides is 2. The molecule has 0 N–H and O–H groups in total. The molecule has 4 rings (SSSR count). The van der Waals surface area contributed by atoms with Crippen LogP contribution in [-0.4, -0.2) is 16.7 Å². The van der Waals surface area contributed by atoms with Crippen molar-refractivity contribution < 1.29 is 9.59 Å². The molecule has 2 aliphatic carbocycles. The summed E-state index contributed by atoms with van der Waals surface area (Å²) in [5, 5.41) is 0.975. The van der Waals surface area contributed by atoms with Crippen LogP contribution in [0, 0.1) is 23.7 Å². The summed E-state index contributed by atoms with van der Waals surface area (Å²) in [5.41, 5.74) is 0.641. The van der Waals surface area contributed by atoms with Crippen LogP contribution in [0.2, 0.25) is 10.0 Å². The van der Waals surface area contributed by atoms with Gasteiger partial charge in [-0.1, -0.05) is 41.4 Å². The number of hydrogen-bond donors (Lipinski definition) is 0. The molecule has 2 amide bonds. The Morgan fingerprint density at radius 3 is 2.05 bits per heavy atom. The van der Waals surface area contributed by atoms with Crippen LogP contribution in [0.5, 0.6) is 0 Å². The van der Waals surface area contributed by atoms with E-state index in [0.717, 1.165) is 6.42 Å². The summed E-state index contributed by atoms with van der Waals surface area (Å²) in [7, 11) is 0. The van der Waals surface area contributed by atoms with E-state index in [0.29, 0.717) is 15.6 Å². The lowest BCUT2D eigenvalue weighted by atomic mass is 9.85. The molecule has 0 radical (unpaired) electrons. The Balaban J connectivity index is 1.66. The van der Waals surface area contributed by atoms with E-state index in [1.807, 2.05) is 0 Å². The van der Waals surface area contributed by atoms with Crippen molar-refractivity contribution in [1.82, 2.24) is 4.90 Å². The van der Waals surface area contributed by atoms with Crippen LogP contribution in [0.4, 0.5) is 0 Å². The van der Waals surface area contributed by atoms with Crippen molar-refractivity contribution in [1.29, 1.82) is 0 Å². The van der Waals surface area contributed by atoms with E-state index in [1.165, 1.54) is 4.90 Å². The highest BCUT2D eigenvalue weighted by molar-refractivity contribution is 6.36. The zero-order chi connectivity index (χ0) is 14.7. The molecule has 1 aliphatic heterocycles. The molecule has 21 heavy (non-hydrogen) atoms. The van der Waals surface area contributed by atoms with Crippen LogP contribution in [-0.2, 0) is 16.1 Å². The van der Waals surface area contributed by atoms with Crippen molar-refractivity contribution in [3.8, 4) is 0 Å². The first-order chi connectivity index (χ1) is 10.1. The van der Waals surface area contributed by atoms with Gasteiger partial charge in [-0.25, -0.2) is 0 Å². The lowest BCUT2D eigenvalue weighted by Crippen LogP contribution is -2.32. The second kappa shape index (κ2) is 4.59. The smallest absolute Gasteiger partial charge is 0.234 e. The molecule has 1 heterocycles. The van der Waals surface area contributed by atoms with Gasteiger partial charge in [0.2, 0.25) is 11.8 Å². The SMILES string of the molecule is O=C1[C@H]2[C@H](C(=O)N1Cc1c(Cl)cccc1Cl)[C@H]1C=C[C@H]2C1. The van der Waals surface area contributed by atoms with Gasteiger partial charge in [-0.05, 0) is 30.4 Å². The number of imide groups is 1. The Morgan fingerprint density at radius 1 is 1.00 bits per heavy atom. The quantitative estimate of drug-likeness (QED) is 0.619. The normalized spacial score (nSPS) is 33.1. The Kier molecular flexibility index (Phi) is 2.92. The highest BCUT2D eigenvalue weighted by Crippen LogP contribution is 2.52. The Morgan fingerprint density at radius 2 is 1.52 bits per heavy atom.